The van der Waals surface area contributed by atoms with E-state index in [-0.39, 0.29) is 0 Å². The Labute approximate surface area is 109 Å². The molecule has 0 saturated carbocycles. The Morgan fingerprint density at radius 1 is 0.765 bits per heavy atom. The predicted octanol–water partition coefficient (Wildman–Crippen LogP) is 3.24. The lowest BCUT2D eigenvalue weighted by Gasteiger charge is -2.26. The van der Waals surface area contributed by atoms with Crippen molar-refractivity contribution >= 4 is 0 Å². The van der Waals surface area contributed by atoms with Crippen molar-refractivity contribution in [2.45, 2.75) is 48.0 Å². The van der Waals surface area contributed by atoms with Gasteiger partial charge in [-0.25, -0.2) is 0 Å². The van der Waals surface area contributed by atoms with Crippen molar-refractivity contribution in [3.8, 4) is 0 Å². The maximum Gasteiger partial charge on any atom is 0.0107 e. The third-order valence-electron chi connectivity index (χ3n) is 2.75. The summed E-state index contributed by atoms with van der Waals surface area (Å²) in [6, 6.07) is 0. The van der Waals surface area contributed by atoms with Crippen LogP contribution in [-0.2, 0) is 0 Å². The summed E-state index contributed by atoms with van der Waals surface area (Å²) >= 11 is 0. The summed E-state index contributed by atoms with van der Waals surface area (Å²) in [5.41, 5.74) is 0. The van der Waals surface area contributed by atoms with E-state index in [4.69, 9.17) is 0 Å². The Balaban J connectivity index is 3.68. The van der Waals surface area contributed by atoms with Gasteiger partial charge in [-0.2, -0.15) is 0 Å². The zero-order chi connectivity index (χ0) is 13.3. The fraction of sp³-hybridized carbons (Fsp3) is 1.00. The molecule has 0 heterocycles. The molecule has 0 aliphatic carbocycles. The maximum absolute atomic E-state index is 3.55. The monoisotopic (exact) mass is 242 g/mol. The van der Waals surface area contributed by atoms with Crippen molar-refractivity contribution in [3.05, 3.63) is 0 Å². The van der Waals surface area contributed by atoms with Gasteiger partial charge in [-0.15, -0.1) is 0 Å². The molecule has 0 unspecified atom stereocenters. The molecular weight excluding hydrogens is 208 g/mol. The maximum atomic E-state index is 3.55. The average molecular weight is 242 g/mol. The second-order valence-corrected chi connectivity index (χ2v) is 6.48. The molecule has 17 heavy (non-hydrogen) atoms. The van der Waals surface area contributed by atoms with Gasteiger partial charge in [0.15, 0.2) is 0 Å². The van der Waals surface area contributed by atoms with E-state index in [9.17, 15) is 0 Å². The fourth-order valence-electron chi connectivity index (χ4n) is 2.04. The van der Waals surface area contributed by atoms with E-state index < -0.39 is 0 Å². The smallest absolute Gasteiger partial charge is 0.0107 e. The van der Waals surface area contributed by atoms with E-state index in [0.29, 0.717) is 0 Å². The van der Waals surface area contributed by atoms with E-state index in [1.807, 2.05) is 0 Å². The highest BCUT2D eigenvalue weighted by Crippen LogP contribution is 2.03. The summed E-state index contributed by atoms with van der Waals surface area (Å²) in [7, 11) is 0. The molecule has 0 aromatic heterocycles. The summed E-state index contributed by atoms with van der Waals surface area (Å²) in [6.45, 7) is 19.7. The third-order valence-corrected chi connectivity index (χ3v) is 2.75. The number of hydrogen-bond acceptors (Lipinski definition) is 2. The van der Waals surface area contributed by atoms with Gasteiger partial charge >= 0.3 is 0 Å². The summed E-state index contributed by atoms with van der Waals surface area (Å²) in [4.78, 5) is 2.59. The Morgan fingerprint density at radius 2 is 1.29 bits per heavy atom. The predicted molar refractivity (Wildman–Crippen MR) is 78.4 cm³/mol. The van der Waals surface area contributed by atoms with E-state index in [0.717, 1.165) is 30.8 Å². The van der Waals surface area contributed by atoms with Crippen molar-refractivity contribution in [2.24, 2.45) is 17.8 Å². The largest absolute Gasteiger partial charge is 0.315 e. The van der Waals surface area contributed by atoms with E-state index >= 15 is 0 Å². The van der Waals surface area contributed by atoms with Gasteiger partial charge in [-0.05, 0) is 30.7 Å². The molecule has 2 heteroatoms. The zero-order valence-corrected chi connectivity index (χ0v) is 12.9. The lowest BCUT2D eigenvalue weighted by atomic mass is 10.1. The highest BCUT2D eigenvalue weighted by atomic mass is 15.1. The van der Waals surface area contributed by atoms with Crippen LogP contribution in [0, 0.1) is 17.8 Å². The molecule has 1 N–H and O–H groups in total. The van der Waals surface area contributed by atoms with Crippen LogP contribution in [0.4, 0.5) is 0 Å². The Hall–Kier alpha value is -0.0800. The summed E-state index contributed by atoms with van der Waals surface area (Å²) < 4.78 is 0. The van der Waals surface area contributed by atoms with Gasteiger partial charge in [-0.3, -0.25) is 0 Å². The van der Waals surface area contributed by atoms with Crippen LogP contribution in [-0.4, -0.2) is 37.6 Å². The second-order valence-electron chi connectivity index (χ2n) is 6.48. The van der Waals surface area contributed by atoms with Gasteiger partial charge < -0.3 is 10.2 Å². The van der Waals surface area contributed by atoms with Gasteiger partial charge in [-0.1, -0.05) is 41.5 Å². The van der Waals surface area contributed by atoms with Crippen molar-refractivity contribution in [1.29, 1.82) is 0 Å². The molecular formula is C15H34N2. The van der Waals surface area contributed by atoms with Crippen molar-refractivity contribution in [3.63, 3.8) is 0 Å². The molecule has 0 fully saturated rings. The average Bonchev–Trinajstić information content (AvgIpc) is 2.14. The molecule has 104 valence electrons. The summed E-state index contributed by atoms with van der Waals surface area (Å²) in [5, 5.41) is 3.55. The molecule has 0 atom stereocenters. The molecule has 0 aromatic carbocycles. The van der Waals surface area contributed by atoms with E-state index in [1.165, 1.54) is 26.1 Å². The van der Waals surface area contributed by atoms with Gasteiger partial charge in [0, 0.05) is 26.2 Å². The first-order chi connectivity index (χ1) is 7.91. The van der Waals surface area contributed by atoms with Crippen LogP contribution in [0.2, 0.25) is 0 Å². The van der Waals surface area contributed by atoms with Crippen LogP contribution >= 0.6 is 0 Å². The number of rotatable bonds is 10. The minimum atomic E-state index is 0.768. The first kappa shape index (κ1) is 16.9. The zero-order valence-electron chi connectivity index (χ0n) is 12.9. The highest BCUT2D eigenvalue weighted by Gasteiger charge is 2.08. The molecule has 2 nitrogen and oxygen atoms in total. The molecule has 0 bridgehead atoms. The van der Waals surface area contributed by atoms with E-state index in [1.54, 1.807) is 0 Å². The molecule has 0 saturated heterocycles. The molecule has 0 aromatic rings. The number of nitrogens with zero attached hydrogens (tertiary/aromatic N) is 1. The van der Waals surface area contributed by atoms with Crippen LogP contribution in [0.3, 0.4) is 0 Å². The quantitative estimate of drug-likeness (QED) is 0.592. The fourth-order valence-corrected chi connectivity index (χ4v) is 2.04. The number of nitrogens with one attached hydrogen (secondary N) is 1. The minimum Gasteiger partial charge on any atom is -0.315 e. The van der Waals surface area contributed by atoms with Gasteiger partial charge in [0.25, 0.3) is 0 Å². The summed E-state index contributed by atoms with van der Waals surface area (Å²) in [5.74, 6) is 2.35. The third kappa shape index (κ3) is 12.2. The molecule has 0 amide bonds. The molecule has 0 spiro atoms. The van der Waals surface area contributed by atoms with Gasteiger partial charge in [0.05, 0.1) is 0 Å². The Bertz CT molecular complexity index is 154. The molecule has 0 rings (SSSR count). The Kier molecular flexibility index (Phi) is 9.85. The topological polar surface area (TPSA) is 15.3 Å². The van der Waals surface area contributed by atoms with Crippen LogP contribution in [0.25, 0.3) is 0 Å². The van der Waals surface area contributed by atoms with Crippen LogP contribution in [0.15, 0.2) is 0 Å². The van der Waals surface area contributed by atoms with Crippen molar-refractivity contribution < 1.29 is 0 Å². The van der Waals surface area contributed by atoms with Crippen LogP contribution in [0.1, 0.15) is 48.0 Å². The van der Waals surface area contributed by atoms with E-state index in [2.05, 4.69) is 51.8 Å². The standard InChI is InChI=1S/C15H34N2/c1-13(2)7-8-16-9-10-17(11-14(3)4)12-15(5)6/h13-16H,7-12H2,1-6H3. The minimum absolute atomic E-state index is 0.768. The van der Waals surface area contributed by atoms with Crippen LogP contribution < -0.4 is 5.32 Å². The van der Waals surface area contributed by atoms with Crippen LogP contribution in [0.5, 0.6) is 0 Å². The lowest BCUT2D eigenvalue weighted by molar-refractivity contribution is 0.219. The lowest BCUT2D eigenvalue weighted by Crippen LogP contribution is -2.37. The first-order valence-corrected chi connectivity index (χ1v) is 7.34. The SMILES string of the molecule is CC(C)CCNCCN(CC(C)C)CC(C)C. The molecule has 0 radical (unpaired) electrons. The normalized spacial score (nSPS) is 12.4. The Morgan fingerprint density at radius 3 is 1.71 bits per heavy atom. The van der Waals surface area contributed by atoms with Gasteiger partial charge in [0.2, 0.25) is 0 Å². The first-order valence-electron chi connectivity index (χ1n) is 7.34. The summed E-state index contributed by atoms with van der Waals surface area (Å²) in [6.07, 6.45) is 1.29. The van der Waals surface area contributed by atoms with Crippen molar-refractivity contribution in [1.82, 2.24) is 10.2 Å². The highest BCUT2D eigenvalue weighted by molar-refractivity contribution is 4.64. The van der Waals surface area contributed by atoms with Gasteiger partial charge in [0.1, 0.15) is 0 Å². The van der Waals surface area contributed by atoms with Crippen molar-refractivity contribution in [2.75, 3.05) is 32.7 Å². The second kappa shape index (κ2) is 9.90. The molecule has 0 aliphatic heterocycles. The number of hydrogen-bond donors (Lipinski definition) is 1. The molecule has 0 aliphatic rings.